The molecule has 4 nitrogen and oxygen atoms in total. The first-order valence-corrected chi connectivity index (χ1v) is 9.22. The molecule has 2 aliphatic rings. The van der Waals surface area contributed by atoms with E-state index in [2.05, 4.69) is 35.8 Å². The molecule has 3 rings (SSSR count). The van der Waals surface area contributed by atoms with E-state index in [1.807, 2.05) is 12.1 Å². The summed E-state index contributed by atoms with van der Waals surface area (Å²) < 4.78 is 5.25. The fraction of sp³-hybridized carbons (Fsp3) is 0.650. The van der Waals surface area contributed by atoms with Crippen molar-refractivity contribution in [2.45, 2.75) is 39.2 Å². The molecular formula is C20H30N2O2. The Morgan fingerprint density at radius 3 is 2.46 bits per heavy atom. The number of likely N-dealkylation sites (tertiary alicyclic amines) is 2. The third-order valence-corrected chi connectivity index (χ3v) is 5.42. The van der Waals surface area contributed by atoms with Gasteiger partial charge in [-0.2, -0.15) is 0 Å². The van der Waals surface area contributed by atoms with Gasteiger partial charge in [-0.05, 0) is 55.3 Å². The number of amides is 1. The summed E-state index contributed by atoms with van der Waals surface area (Å²) in [4.78, 5) is 17.2. The highest BCUT2D eigenvalue weighted by Crippen LogP contribution is 2.33. The molecule has 0 spiro atoms. The molecule has 3 atom stereocenters. The number of hydrogen-bond acceptors (Lipinski definition) is 3. The van der Waals surface area contributed by atoms with E-state index in [1.54, 1.807) is 7.11 Å². The largest absolute Gasteiger partial charge is 0.497 e. The number of nitrogens with zero attached hydrogens (tertiary/aromatic N) is 2. The van der Waals surface area contributed by atoms with Crippen molar-refractivity contribution in [1.29, 1.82) is 0 Å². The van der Waals surface area contributed by atoms with Gasteiger partial charge in [0.25, 0.3) is 0 Å². The van der Waals surface area contributed by atoms with Crippen molar-refractivity contribution in [3.8, 4) is 5.75 Å². The van der Waals surface area contributed by atoms with E-state index in [1.165, 1.54) is 12.0 Å². The van der Waals surface area contributed by atoms with Crippen molar-refractivity contribution in [2.24, 2.45) is 11.8 Å². The molecular weight excluding hydrogens is 300 g/mol. The summed E-state index contributed by atoms with van der Waals surface area (Å²) in [6, 6.07) is 8.66. The molecule has 2 fully saturated rings. The minimum atomic E-state index is 0.300. The predicted octanol–water partition coefficient (Wildman–Crippen LogP) is 3.34. The first kappa shape index (κ1) is 17.3. The van der Waals surface area contributed by atoms with Gasteiger partial charge in [0.2, 0.25) is 5.91 Å². The Labute approximate surface area is 145 Å². The topological polar surface area (TPSA) is 32.8 Å². The molecule has 132 valence electrons. The third-order valence-electron chi connectivity index (χ3n) is 5.42. The minimum absolute atomic E-state index is 0.300. The molecule has 2 saturated heterocycles. The van der Waals surface area contributed by atoms with Crippen LogP contribution in [0.25, 0.3) is 0 Å². The van der Waals surface area contributed by atoms with Crippen LogP contribution in [0.5, 0.6) is 5.75 Å². The van der Waals surface area contributed by atoms with E-state index in [0.29, 0.717) is 30.3 Å². The Bertz CT molecular complexity index is 547. The van der Waals surface area contributed by atoms with Gasteiger partial charge in [0.15, 0.2) is 0 Å². The van der Waals surface area contributed by atoms with Crippen LogP contribution in [0, 0.1) is 11.8 Å². The summed E-state index contributed by atoms with van der Waals surface area (Å²) in [7, 11) is 1.69. The Morgan fingerprint density at radius 1 is 1.17 bits per heavy atom. The van der Waals surface area contributed by atoms with E-state index in [-0.39, 0.29) is 0 Å². The molecule has 1 aromatic rings. The van der Waals surface area contributed by atoms with E-state index in [4.69, 9.17) is 4.74 Å². The van der Waals surface area contributed by atoms with Gasteiger partial charge in [-0.15, -0.1) is 0 Å². The maximum absolute atomic E-state index is 12.8. The first-order chi connectivity index (χ1) is 11.6. The van der Waals surface area contributed by atoms with Gasteiger partial charge in [0.1, 0.15) is 5.75 Å². The molecule has 0 unspecified atom stereocenters. The minimum Gasteiger partial charge on any atom is -0.497 e. The maximum Gasteiger partial charge on any atom is 0.236 e. The van der Waals surface area contributed by atoms with Crippen molar-refractivity contribution in [2.75, 3.05) is 33.3 Å². The molecule has 0 radical (unpaired) electrons. The van der Waals surface area contributed by atoms with Crippen molar-refractivity contribution < 1.29 is 9.53 Å². The number of benzene rings is 1. The summed E-state index contributed by atoms with van der Waals surface area (Å²) in [5, 5.41) is 0. The number of ether oxygens (including phenoxy) is 1. The standard InChI is InChI=1S/C20H30N2O2/c1-15-11-16(2)13-22(12-15)20(23)14-21-10-4-5-19(21)17-6-8-18(24-3)9-7-17/h6-9,15-16,19H,4-5,10-14H2,1-3H3/t15-,16+,19-/m1/s1. The Balaban J connectivity index is 1.63. The molecule has 0 aliphatic carbocycles. The van der Waals surface area contributed by atoms with Crippen molar-refractivity contribution in [3.05, 3.63) is 29.8 Å². The smallest absolute Gasteiger partial charge is 0.236 e. The molecule has 1 amide bonds. The molecule has 0 N–H and O–H groups in total. The molecule has 0 aromatic heterocycles. The van der Waals surface area contributed by atoms with Crippen LogP contribution in [-0.2, 0) is 4.79 Å². The summed E-state index contributed by atoms with van der Waals surface area (Å²) in [6.45, 7) is 7.92. The van der Waals surface area contributed by atoms with E-state index >= 15 is 0 Å². The van der Waals surface area contributed by atoms with E-state index < -0.39 is 0 Å². The van der Waals surface area contributed by atoms with Gasteiger partial charge >= 0.3 is 0 Å². The van der Waals surface area contributed by atoms with Crippen LogP contribution in [-0.4, -0.2) is 49.0 Å². The van der Waals surface area contributed by atoms with Crippen LogP contribution < -0.4 is 4.74 Å². The Morgan fingerprint density at radius 2 is 1.83 bits per heavy atom. The zero-order chi connectivity index (χ0) is 17.1. The summed E-state index contributed by atoms with van der Waals surface area (Å²) in [5.41, 5.74) is 1.29. The summed E-state index contributed by atoms with van der Waals surface area (Å²) in [5.74, 6) is 2.42. The lowest BCUT2D eigenvalue weighted by atomic mass is 9.92. The van der Waals surface area contributed by atoms with Crippen molar-refractivity contribution in [1.82, 2.24) is 9.80 Å². The van der Waals surface area contributed by atoms with Crippen LogP contribution >= 0.6 is 0 Å². The highest BCUT2D eigenvalue weighted by Gasteiger charge is 2.31. The molecule has 2 heterocycles. The van der Waals surface area contributed by atoms with Crippen LogP contribution in [0.4, 0.5) is 0 Å². The second-order valence-electron chi connectivity index (χ2n) is 7.65. The number of piperidine rings is 1. The normalized spacial score (nSPS) is 28.1. The second kappa shape index (κ2) is 7.56. The molecule has 4 heteroatoms. The predicted molar refractivity (Wildman–Crippen MR) is 96.1 cm³/mol. The maximum atomic E-state index is 12.8. The van der Waals surface area contributed by atoms with Gasteiger partial charge in [0.05, 0.1) is 13.7 Å². The zero-order valence-corrected chi connectivity index (χ0v) is 15.2. The van der Waals surface area contributed by atoms with Crippen molar-refractivity contribution in [3.63, 3.8) is 0 Å². The van der Waals surface area contributed by atoms with Gasteiger partial charge < -0.3 is 9.64 Å². The first-order valence-electron chi connectivity index (χ1n) is 9.22. The monoisotopic (exact) mass is 330 g/mol. The lowest BCUT2D eigenvalue weighted by molar-refractivity contribution is -0.135. The van der Waals surface area contributed by atoms with Crippen LogP contribution in [0.1, 0.15) is 44.7 Å². The summed E-state index contributed by atoms with van der Waals surface area (Å²) in [6.07, 6.45) is 3.53. The Hall–Kier alpha value is -1.55. The molecule has 0 bridgehead atoms. The van der Waals surface area contributed by atoms with Gasteiger partial charge in [-0.25, -0.2) is 0 Å². The summed E-state index contributed by atoms with van der Waals surface area (Å²) >= 11 is 0. The number of carbonyl (C=O) groups excluding carboxylic acids is 1. The van der Waals surface area contributed by atoms with Crippen LogP contribution in [0.2, 0.25) is 0 Å². The average molecular weight is 330 g/mol. The van der Waals surface area contributed by atoms with Crippen LogP contribution in [0.3, 0.4) is 0 Å². The second-order valence-corrected chi connectivity index (χ2v) is 7.65. The number of rotatable bonds is 4. The third kappa shape index (κ3) is 3.92. The Kier molecular flexibility index (Phi) is 5.44. The SMILES string of the molecule is COc1ccc([C@H]2CCCN2CC(=O)N2C[C@H](C)C[C@H](C)C2)cc1. The van der Waals surface area contributed by atoms with Crippen LogP contribution in [0.15, 0.2) is 24.3 Å². The molecule has 24 heavy (non-hydrogen) atoms. The fourth-order valence-electron chi connectivity index (χ4n) is 4.36. The van der Waals surface area contributed by atoms with E-state index in [0.717, 1.165) is 38.2 Å². The van der Waals surface area contributed by atoms with Gasteiger partial charge in [-0.3, -0.25) is 9.69 Å². The quantitative estimate of drug-likeness (QED) is 0.849. The zero-order valence-electron chi connectivity index (χ0n) is 15.2. The van der Waals surface area contributed by atoms with Crippen molar-refractivity contribution >= 4 is 5.91 Å². The molecule has 0 saturated carbocycles. The average Bonchev–Trinajstić information content (AvgIpc) is 3.02. The highest BCUT2D eigenvalue weighted by molar-refractivity contribution is 5.78. The molecule has 1 aromatic carbocycles. The number of carbonyl (C=O) groups is 1. The lowest BCUT2D eigenvalue weighted by Crippen LogP contribution is -2.46. The van der Waals surface area contributed by atoms with E-state index in [9.17, 15) is 4.79 Å². The highest BCUT2D eigenvalue weighted by atomic mass is 16.5. The number of hydrogen-bond donors (Lipinski definition) is 0. The van der Waals surface area contributed by atoms with Gasteiger partial charge in [0, 0.05) is 19.1 Å². The fourth-order valence-corrected chi connectivity index (χ4v) is 4.36. The lowest BCUT2D eigenvalue weighted by Gasteiger charge is -2.36. The number of methoxy groups -OCH3 is 1. The van der Waals surface area contributed by atoms with Gasteiger partial charge in [-0.1, -0.05) is 26.0 Å². The molecule has 2 aliphatic heterocycles.